The molecule has 1 aliphatic heterocycles. The first-order valence-corrected chi connectivity index (χ1v) is 6.54. The minimum absolute atomic E-state index is 0.0448. The zero-order valence-corrected chi connectivity index (χ0v) is 10.8. The first-order chi connectivity index (χ1) is 9.29. The minimum Gasteiger partial charge on any atom is -0.394 e. The Morgan fingerprint density at radius 1 is 1.26 bits per heavy atom. The second-order valence-electron chi connectivity index (χ2n) is 4.47. The van der Waals surface area contributed by atoms with E-state index in [-0.39, 0.29) is 18.7 Å². The van der Waals surface area contributed by atoms with Gasteiger partial charge in [0.25, 0.3) is 0 Å². The molecule has 0 atom stereocenters. The maximum absolute atomic E-state index is 11.8. The Labute approximate surface area is 112 Å². The van der Waals surface area contributed by atoms with Crippen molar-refractivity contribution in [2.75, 3.05) is 26.3 Å². The average Bonchev–Trinajstić information content (AvgIpc) is 2.47. The largest absolute Gasteiger partial charge is 0.394 e. The van der Waals surface area contributed by atoms with Crippen LogP contribution in [0.2, 0.25) is 0 Å². The van der Waals surface area contributed by atoms with Gasteiger partial charge in [-0.1, -0.05) is 18.2 Å². The van der Waals surface area contributed by atoms with Crippen LogP contribution in [0.5, 0.6) is 0 Å². The van der Waals surface area contributed by atoms with E-state index in [1.54, 1.807) is 17.2 Å². The summed E-state index contributed by atoms with van der Waals surface area (Å²) in [6.07, 6.45) is 1.77. The third-order valence-electron chi connectivity index (χ3n) is 3.07. The smallest absolute Gasteiger partial charge is 0.357 e. The third-order valence-corrected chi connectivity index (χ3v) is 3.07. The molecule has 0 spiro atoms. The van der Waals surface area contributed by atoms with Crippen molar-refractivity contribution in [2.24, 2.45) is 0 Å². The molecule has 19 heavy (non-hydrogen) atoms. The second kappa shape index (κ2) is 7.23. The molecule has 5 nitrogen and oxygen atoms in total. The van der Waals surface area contributed by atoms with Crippen LogP contribution in [0.1, 0.15) is 23.2 Å². The molecule has 1 fully saturated rings. The van der Waals surface area contributed by atoms with Crippen molar-refractivity contribution in [3.05, 3.63) is 35.9 Å². The first-order valence-electron chi connectivity index (χ1n) is 6.54. The summed E-state index contributed by atoms with van der Waals surface area (Å²) < 4.78 is 5.45. The van der Waals surface area contributed by atoms with E-state index in [2.05, 4.69) is 0 Å². The molecule has 0 bridgehead atoms. The molecule has 1 N–H and O–H groups in total. The Kier molecular flexibility index (Phi) is 5.32. The summed E-state index contributed by atoms with van der Waals surface area (Å²) in [4.78, 5) is 17.2. The number of carbonyl (C=O) groups excluding carboxylic acids is 1. The molecule has 104 valence electrons. The molecular weight excluding hydrogens is 246 g/mol. The lowest BCUT2D eigenvalue weighted by atomic mass is 10.1. The van der Waals surface area contributed by atoms with E-state index in [0.717, 1.165) is 12.8 Å². The fraction of sp³-hybridized carbons (Fsp3) is 0.500. The molecule has 0 aromatic heterocycles. The first kappa shape index (κ1) is 14.0. The molecule has 1 aromatic carbocycles. The Morgan fingerprint density at radius 3 is 2.58 bits per heavy atom. The normalized spacial score (nSPS) is 17.3. The Bertz CT molecular complexity index is 388. The monoisotopic (exact) mass is 265 g/mol. The number of ether oxygens (including phenoxy) is 1. The van der Waals surface area contributed by atoms with Gasteiger partial charge < -0.3 is 14.7 Å². The molecule has 0 radical (unpaired) electrons. The van der Waals surface area contributed by atoms with Crippen LogP contribution < -0.4 is 0 Å². The predicted molar refractivity (Wildman–Crippen MR) is 69.5 cm³/mol. The summed E-state index contributed by atoms with van der Waals surface area (Å²) in [5.41, 5.74) is 0.557. The highest BCUT2D eigenvalue weighted by Crippen LogP contribution is 2.15. The molecule has 0 saturated carbocycles. The molecular formula is C14H19NO4. The topological polar surface area (TPSA) is 59.0 Å². The minimum atomic E-state index is -0.324. The predicted octanol–water partition coefficient (Wildman–Crippen LogP) is 1.23. The Balaban J connectivity index is 1.75. The number of nitrogens with zero attached hydrogens (tertiary/aromatic N) is 1. The molecule has 0 amide bonds. The fourth-order valence-corrected chi connectivity index (χ4v) is 2.05. The Morgan fingerprint density at radius 2 is 1.95 bits per heavy atom. The third kappa shape index (κ3) is 4.31. The summed E-state index contributed by atoms with van der Waals surface area (Å²) in [5, 5.41) is 10.4. The van der Waals surface area contributed by atoms with E-state index in [1.165, 1.54) is 0 Å². The molecule has 1 aromatic rings. The van der Waals surface area contributed by atoms with Crippen LogP contribution in [-0.4, -0.2) is 48.5 Å². The van der Waals surface area contributed by atoms with E-state index < -0.39 is 0 Å². The van der Waals surface area contributed by atoms with Crippen LogP contribution in [0.3, 0.4) is 0 Å². The van der Waals surface area contributed by atoms with Gasteiger partial charge in [0.1, 0.15) is 0 Å². The van der Waals surface area contributed by atoms with E-state index in [1.807, 2.05) is 18.2 Å². The highest BCUT2D eigenvalue weighted by Gasteiger charge is 2.22. The van der Waals surface area contributed by atoms with E-state index >= 15 is 0 Å². The number of hydroxylamine groups is 2. The van der Waals surface area contributed by atoms with Crippen molar-refractivity contribution in [3.63, 3.8) is 0 Å². The lowest BCUT2D eigenvalue weighted by Gasteiger charge is -2.30. The van der Waals surface area contributed by atoms with Crippen molar-refractivity contribution < 1.29 is 19.5 Å². The van der Waals surface area contributed by atoms with E-state index in [9.17, 15) is 4.79 Å². The van der Waals surface area contributed by atoms with Crippen LogP contribution in [-0.2, 0) is 9.57 Å². The highest BCUT2D eigenvalue weighted by atomic mass is 16.7. The Hall–Kier alpha value is -1.43. The molecule has 0 unspecified atom stereocenters. The number of hydrogen-bond acceptors (Lipinski definition) is 5. The summed E-state index contributed by atoms with van der Waals surface area (Å²) in [7, 11) is 0. The molecule has 1 heterocycles. The van der Waals surface area contributed by atoms with Crippen molar-refractivity contribution in [1.82, 2.24) is 5.06 Å². The van der Waals surface area contributed by atoms with Gasteiger partial charge in [0.15, 0.2) is 0 Å². The maximum atomic E-state index is 11.8. The fourth-order valence-electron chi connectivity index (χ4n) is 2.05. The van der Waals surface area contributed by atoms with Crippen LogP contribution in [0.4, 0.5) is 0 Å². The van der Waals surface area contributed by atoms with Gasteiger partial charge in [0.05, 0.1) is 24.9 Å². The van der Waals surface area contributed by atoms with Gasteiger partial charge in [-0.2, -0.15) is 0 Å². The zero-order valence-electron chi connectivity index (χ0n) is 10.8. The van der Waals surface area contributed by atoms with Crippen molar-refractivity contribution in [1.29, 1.82) is 0 Å². The second-order valence-corrected chi connectivity index (χ2v) is 4.47. The molecule has 1 saturated heterocycles. The average molecular weight is 265 g/mol. The highest BCUT2D eigenvalue weighted by molar-refractivity contribution is 5.89. The molecule has 1 aliphatic rings. The lowest BCUT2D eigenvalue weighted by Crippen LogP contribution is -2.38. The number of piperidine rings is 1. The van der Waals surface area contributed by atoms with Gasteiger partial charge in [0, 0.05) is 13.1 Å². The zero-order chi connectivity index (χ0) is 13.5. The summed E-state index contributed by atoms with van der Waals surface area (Å²) >= 11 is 0. The number of rotatable bonds is 5. The van der Waals surface area contributed by atoms with E-state index in [4.69, 9.17) is 14.7 Å². The van der Waals surface area contributed by atoms with Gasteiger partial charge in [-0.15, -0.1) is 5.06 Å². The van der Waals surface area contributed by atoms with Gasteiger partial charge in [-0.25, -0.2) is 4.79 Å². The van der Waals surface area contributed by atoms with Gasteiger partial charge in [-0.3, -0.25) is 0 Å². The summed E-state index contributed by atoms with van der Waals surface area (Å²) in [6.45, 7) is 1.74. The van der Waals surface area contributed by atoms with Gasteiger partial charge in [0.2, 0.25) is 0 Å². The van der Waals surface area contributed by atoms with Crippen LogP contribution >= 0.6 is 0 Å². The van der Waals surface area contributed by atoms with Gasteiger partial charge >= 0.3 is 5.97 Å². The van der Waals surface area contributed by atoms with Crippen LogP contribution in [0.15, 0.2) is 30.3 Å². The lowest BCUT2D eigenvalue weighted by molar-refractivity contribution is -0.141. The van der Waals surface area contributed by atoms with Gasteiger partial charge in [-0.05, 0) is 25.0 Å². The maximum Gasteiger partial charge on any atom is 0.357 e. The molecule has 2 rings (SSSR count). The van der Waals surface area contributed by atoms with Crippen molar-refractivity contribution >= 4 is 5.97 Å². The number of aliphatic hydroxyl groups is 1. The number of hydrogen-bond donors (Lipinski definition) is 1. The number of benzene rings is 1. The van der Waals surface area contributed by atoms with Crippen molar-refractivity contribution in [3.8, 4) is 0 Å². The quantitative estimate of drug-likeness (QED) is 0.867. The van der Waals surface area contributed by atoms with E-state index in [0.29, 0.717) is 25.3 Å². The summed E-state index contributed by atoms with van der Waals surface area (Å²) in [5.74, 6) is -0.324. The molecule has 0 aliphatic carbocycles. The standard InChI is InChI=1S/C14H19NO4/c16-10-11-18-13-6-8-15(9-7-13)19-14(17)12-4-2-1-3-5-12/h1-5,13,16H,6-11H2. The number of aliphatic hydroxyl groups excluding tert-OH is 1. The SMILES string of the molecule is O=C(ON1CCC(OCCO)CC1)c1ccccc1. The van der Waals surface area contributed by atoms with Crippen LogP contribution in [0, 0.1) is 0 Å². The molecule has 5 heteroatoms. The summed E-state index contributed by atoms with van der Waals surface area (Å²) in [6, 6.07) is 8.96. The number of carbonyl (C=O) groups is 1. The van der Waals surface area contributed by atoms with Crippen molar-refractivity contribution in [2.45, 2.75) is 18.9 Å². The van der Waals surface area contributed by atoms with Crippen LogP contribution in [0.25, 0.3) is 0 Å².